The largest absolute Gasteiger partial charge is 0.477 e. The van der Waals surface area contributed by atoms with Gasteiger partial charge in [-0.1, -0.05) is 6.92 Å². The number of aromatic carboxylic acids is 1. The first-order chi connectivity index (χ1) is 8.71. The van der Waals surface area contributed by atoms with Crippen LogP contribution >= 0.6 is 0 Å². The van der Waals surface area contributed by atoms with Crippen LogP contribution in [0.1, 0.15) is 43.7 Å². The smallest absolute Gasteiger partial charge is 0.352 e. The monoisotopic (exact) mass is 288 g/mol. The summed E-state index contributed by atoms with van der Waals surface area (Å²) >= 11 is 0. The molecule has 0 radical (unpaired) electrons. The summed E-state index contributed by atoms with van der Waals surface area (Å²) < 4.78 is 27.2. The van der Waals surface area contributed by atoms with Crippen molar-refractivity contribution in [3.63, 3.8) is 0 Å². The fourth-order valence-electron chi connectivity index (χ4n) is 1.81. The van der Waals surface area contributed by atoms with Gasteiger partial charge in [0, 0.05) is 25.8 Å². The summed E-state index contributed by atoms with van der Waals surface area (Å²) in [6.07, 6.45) is 2.09. The molecule has 0 fully saturated rings. The second-order valence-corrected chi connectivity index (χ2v) is 6.74. The SMILES string of the molecule is CCCN(C)S(=O)(=O)c1cc(C(=O)O)n(C(C)C)c1. The lowest BCUT2D eigenvalue weighted by molar-refractivity contribution is 0.0683. The highest BCUT2D eigenvalue weighted by Gasteiger charge is 2.25. The lowest BCUT2D eigenvalue weighted by atomic mass is 10.3. The van der Waals surface area contributed by atoms with Crippen molar-refractivity contribution in [1.82, 2.24) is 8.87 Å². The van der Waals surface area contributed by atoms with Crippen molar-refractivity contribution >= 4 is 16.0 Å². The van der Waals surface area contributed by atoms with Crippen molar-refractivity contribution in [3.8, 4) is 0 Å². The predicted octanol–water partition coefficient (Wildman–Crippen LogP) is 1.80. The summed E-state index contributed by atoms with van der Waals surface area (Å²) in [5.74, 6) is -1.13. The number of rotatable bonds is 6. The normalized spacial score (nSPS) is 12.3. The molecule has 0 bridgehead atoms. The number of hydrogen-bond acceptors (Lipinski definition) is 3. The predicted molar refractivity (Wildman–Crippen MR) is 71.9 cm³/mol. The van der Waals surface area contributed by atoms with E-state index in [0.29, 0.717) is 13.0 Å². The van der Waals surface area contributed by atoms with Gasteiger partial charge in [-0.15, -0.1) is 0 Å². The molecule has 19 heavy (non-hydrogen) atoms. The third-order valence-corrected chi connectivity index (χ3v) is 4.67. The number of aromatic nitrogens is 1. The molecular formula is C12H20N2O4S. The standard InChI is InChI=1S/C12H20N2O4S/c1-5-6-13(4)19(17,18)10-7-11(12(15)16)14(8-10)9(2)3/h7-9H,5-6H2,1-4H3,(H,15,16). The van der Waals surface area contributed by atoms with E-state index < -0.39 is 16.0 Å². The third-order valence-electron chi connectivity index (χ3n) is 2.85. The van der Waals surface area contributed by atoms with Gasteiger partial charge in [0.25, 0.3) is 0 Å². The Morgan fingerprint density at radius 3 is 2.42 bits per heavy atom. The molecule has 6 nitrogen and oxygen atoms in total. The van der Waals surface area contributed by atoms with Crippen LogP contribution in [0.4, 0.5) is 0 Å². The minimum atomic E-state index is -3.62. The summed E-state index contributed by atoms with van der Waals surface area (Å²) in [5, 5.41) is 9.11. The van der Waals surface area contributed by atoms with Gasteiger partial charge in [-0.05, 0) is 26.3 Å². The minimum absolute atomic E-state index is 0.0153. The summed E-state index contributed by atoms with van der Waals surface area (Å²) in [4.78, 5) is 11.2. The lowest BCUT2D eigenvalue weighted by Gasteiger charge is -2.15. The Hall–Kier alpha value is -1.34. The number of nitrogens with zero attached hydrogens (tertiary/aromatic N) is 2. The number of carbonyl (C=O) groups is 1. The Morgan fingerprint density at radius 1 is 1.47 bits per heavy atom. The van der Waals surface area contributed by atoms with Gasteiger partial charge in [0.1, 0.15) is 10.6 Å². The second kappa shape index (κ2) is 5.75. The number of carboxylic acid groups (broad SMARTS) is 1. The molecule has 0 aliphatic heterocycles. The molecule has 1 rings (SSSR count). The molecule has 108 valence electrons. The van der Waals surface area contributed by atoms with Gasteiger partial charge in [-0.2, -0.15) is 0 Å². The topological polar surface area (TPSA) is 79.6 Å². The van der Waals surface area contributed by atoms with Gasteiger partial charge in [0.2, 0.25) is 10.0 Å². The maximum atomic E-state index is 12.3. The highest BCUT2D eigenvalue weighted by atomic mass is 32.2. The first-order valence-electron chi connectivity index (χ1n) is 6.13. The molecule has 0 spiro atoms. The van der Waals surface area contributed by atoms with Crippen LogP contribution in [0, 0.1) is 0 Å². The van der Waals surface area contributed by atoms with E-state index in [0.717, 1.165) is 0 Å². The molecule has 1 aromatic heterocycles. The van der Waals surface area contributed by atoms with Crippen LogP contribution in [-0.4, -0.2) is 42.0 Å². The van der Waals surface area contributed by atoms with E-state index in [-0.39, 0.29) is 16.6 Å². The van der Waals surface area contributed by atoms with Crippen molar-refractivity contribution < 1.29 is 18.3 Å². The minimum Gasteiger partial charge on any atom is -0.477 e. The molecule has 0 amide bonds. The van der Waals surface area contributed by atoms with Gasteiger partial charge in [0.15, 0.2) is 0 Å². The van der Waals surface area contributed by atoms with Crippen molar-refractivity contribution in [2.24, 2.45) is 0 Å². The fourth-order valence-corrected chi connectivity index (χ4v) is 3.10. The molecule has 1 aromatic rings. The average Bonchev–Trinajstić information content (AvgIpc) is 2.74. The maximum Gasteiger partial charge on any atom is 0.352 e. The average molecular weight is 288 g/mol. The lowest BCUT2D eigenvalue weighted by Crippen LogP contribution is -2.27. The molecule has 0 saturated heterocycles. The van der Waals surface area contributed by atoms with Crippen LogP contribution < -0.4 is 0 Å². The Labute approximate surface area is 113 Å². The van der Waals surface area contributed by atoms with Crippen LogP contribution in [0.5, 0.6) is 0 Å². The highest BCUT2D eigenvalue weighted by molar-refractivity contribution is 7.89. The summed E-state index contributed by atoms with van der Waals surface area (Å²) in [6, 6.07) is 1.09. The van der Waals surface area contributed by atoms with Crippen molar-refractivity contribution in [3.05, 3.63) is 18.0 Å². The van der Waals surface area contributed by atoms with E-state index in [4.69, 9.17) is 5.11 Å². The van der Waals surface area contributed by atoms with Crippen molar-refractivity contribution in [2.45, 2.75) is 38.1 Å². The van der Waals surface area contributed by atoms with E-state index in [2.05, 4.69) is 0 Å². The quantitative estimate of drug-likeness (QED) is 0.865. The van der Waals surface area contributed by atoms with Crippen LogP contribution in [0.15, 0.2) is 17.2 Å². The zero-order valence-electron chi connectivity index (χ0n) is 11.6. The highest BCUT2D eigenvalue weighted by Crippen LogP contribution is 2.21. The molecule has 0 unspecified atom stereocenters. The van der Waals surface area contributed by atoms with Crippen LogP contribution in [0.25, 0.3) is 0 Å². The Morgan fingerprint density at radius 2 is 2.05 bits per heavy atom. The van der Waals surface area contributed by atoms with Crippen molar-refractivity contribution in [2.75, 3.05) is 13.6 Å². The van der Waals surface area contributed by atoms with E-state index in [9.17, 15) is 13.2 Å². The Kier molecular flexibility index (Phi) is 4.75. The van der Waals surface area contributed by atoms with Gasteiger partial charge < -0.3 is 9.67 Å². The fraction of sp³-hybridized carbons (Fsp3) is 0.583. The molecule has 0 aliphatic rings. The molecule has 0 atom stereocenters. The Balaban J connectivity index is 3.29. The summed E-state index contributed by atoms with van der Waals surface area (Å²) in [5.41, 5.74) is -0.0153. The second-order valence-electron chi connectivity index (χ2n) is 4.69. The van der Waals surface area contributed by atoms with E-state index in [1.54, 1.807) is 13.8 Å². The molecule has 0 aromatic carbocycles. The molecular weight excluding hydrogens is 268 g/mol. The molecule has 0 saturated carbocycles. The number of sulfonamides is 1. The van der Waals surface area contributed by atoms with Crippen LogP contribution in [0.2, 0.25) is 0 Å². The van der Waals surface area contributed by atoms with E-state index in [1.807, 2.05) is 6.92 Å². The maximum absolute atomic E-state index is 12.3. The van der Waals surface area contributed by atoms with Crippen LogP contribution in [0.3, 0.4) is 0 Å². The van der Waals surface area contributed by atoms with Gasteiger partial charge >= 0.3 is 5.97 Å². The zero-order valence-corrected chi connectivity index (χ0v) is 12.4. The molecule has 1 heterocycles. The molecule has 7 heteroatoms. The van der Waals surface area contributed by atoms with Crippen LogP contribution in [-0.2, 0) is 10.0 Å². The zero-order chi connectivity index (χ0) is 14.8. The number of carboxylic acids is 1. The van der Waals surface area contributed by atoms with E-state index in [1.165, 1.54) is 28.2 Å². The third kappa shape index (κ3) is 3.16. The van der Waals surface area contributed by atoms with Gasteiger partial charge in [0.05, 0.1) is 0 Å². The Bertz CT molecular complexity index is 560. The molecule has 1 N–H and O–H groups in total. The van der Waals surface area contributed by atoms with Crippen molar-refractivity contribution in [1.29, 1.82) is 0 Å². The molecule has 0 aliphatic carbocycles. The summed E-state index contributed by atoms with van der Waals surface area (Å²) in [6.45, 7) is 5.89. The van der Waals surface area contributed by atoms with Gasteiger partial charge in [-0.25, -0.2) is 17.5 Å². The summed E-state index contributed by atoms with van der Waals surface area (Å²) in [7, 11) is -2.13. The first-order valence-corrected chi connectivity index (χ1v) is 7.57. The van der Waals surface area contributed by atoms with E-state index >= 15 is 0 Å². The van der Waals surface area contributed by atoms with Gasteiger partial charge in [-0.3, -0.25) is 0 Å². The first kappa shape index (κ1) is 15.7. The number of hydrogen-bond donors (Lipinski definition) is 1.